The summed E-state index contributed by atoms with van der Waals surface area (Å²) in [7, 11) is 0. The van der Waals surface area contributed by atoms with Crippen LogP contribution in [0.25, 0.3) is 0 Å². The maximum Gasteiger partial charge on any atom is 0.156 e. The van der Waals surface area contributed by atoms with E-state index in [-0.39, 0.29) is 5.92 Å². The van der Waals surface area contributed by atoms with Gasteiger partial charge in [0.15, 0.2) is 6.29 Å². The summed E-state index contributed by atoms with van der Waals surface area (Å²) >= 11 is 0. The zero-order valence-corrected chi connectivity index (χ0v) is 9.43. The molecular formula is C14H18O2. The molecule has 0 aliphatic heterocycles. The number of hydrogen-bond acceptors (Lipinski definition) is 2. The van der Waals surface area contributed by atoms with Crippen LogP contribution in [-0.2, 0) is 10.4 Å². The van der Waals surface area contributed by atoms with Crippen molar-refractivity contribution in [3.8, 4) is 0 Å². The fraction of sp³-hybridized carbons (Fsp3) is 0.500. The zero-order chi connectivity index (χ0) is 11.4. The molecule has 2 nitrogen and oxygen atoms in total. The highest BCUT2D eigenvalue weighted by atomic mass is 16.3. The summed E-state index contributed by atoms with van der Waals surface area (Å²) < 4.78 is 0. The van der Waals surface area contributed by atoms with E-state index in [1.54, 1.807) is 0 Å². The Kier molecular flexibility index (Phi) is 3.39. The maximum atomic E-state index is 11.3. The van der Waals surface area contributed by atoms with Crippen molar-refractivity contribution in [3.63, 3.8) is 0 Å². The first-order chi connectivity index (χ1) is 7.77. The smallest absolute Gasteiger partial charge is 0.156 e. The Balaban J connectivity index is 2.27. The molecule has 0 aromatic heterocycles. The van der Waals surface area contributed by atoms with E-state index < -0.39 is 5.60 Å². The second kappa shape index (κ2) is 4.79. The molecular weight excluding hydrogens is 200 g/mol. The lowest BCUT2D eigenvalue weighted by Crippen LogP contribution is -2.38. The average molecular weight is 218 g/mol. The Hall–Kier alpha value is -1.15. The van der Waals surface area contributed by atoms with Gasteiger partial charge >= 0.3 is 0 Å². The molecule has 1 aromatic carbocycles. The van der Waals surface area contributed by atoms with Crippen molar-refractivity contribution < 1.29 is 9.90 Å². The van der Waals surface area contributed by atoms with Crippen LogP contribution in [0.4, 0.5) is 0 Å². The molecule has 0 radical (unpaired) electrons. The number of rotatable bonds is 3. The first-order valence-corrected chi connectivity index (χ1v) is 6.01. The largest absolute Gasteiger partial charge is 0.377 e. The molecule has 2 heteroatoms. The summed E-state index contributed by atoms with van der Waals surface area (Å²) in [4.78, 5) is 11.3. The lowest BCUT2D eigenvalue weighted by molar-refractivity contribution is -0.132. The molecule has 1 aromatic rings. The lowest BCUT2D eigenvalue weighted by Gasteiger charge is -2.34. The average Bonchev–Trinajstić information content (AvgIpc) is 2.40. The minimum atomic E-state index is -1.28. The first kappa shape index (κ1) is 11.3. The van der Waals surface area contributed by atoms with Crippen LogP contribution >= 0.6 is 0 Å². The molecule has 86 valence electrons. The Bertz CT molecular complexity index is 341. The van der Waals surface area contributed by atoms with E-state index in [0.717, 1.165) is 37.5 Å². The maximum absolute atomic E-state index is 11.3. The lowest BCUT2D eigenvalue weighted by atomic mass is 9.74. The van der Waals surface area contributed by atoms with E-state index in [2.05, 4.69) is 0 Å². The SMILES string of the molecule is O=C[C@](O)(c1ccccc1)C1CCCCC1. The van der Waals surface area contributed by atoms with Gasteiger partial charge in [0.05, 0.1) is 0 Å². The molecule has 1 aliphatic carbocycles. The van der Waals surface area contributed by atoms with E-state index in [1.807, 2.05) is 30.3 Å². The van der Waals surface area contributed by atoms with Gasteiger partial charge in [-0.05, 0) is 24.3 Å². The van der Waals surface area contributed by atoms with Gasteiger partial charge in [0, 0.05) is 0 Å². The van der Waals surface area contributed by atoms with Gasteiger partial charge in [-0.2, -0.15) is 0 Å². The molecule has 0 spiro atoms. The summed E-state index contributed by atoms with van der Waals surface area (Å²) in [6.45, 7) is 0. The molecule has 1 fully saturated rings. The molecule has 0 amide bonds. The highest BCUT2D eigenvalue weighted by Crippen LogP contribution is 2.37. The first-order valence-electron chi connectivity index (χ1n) is 6.01. The molecule has 1 N–H and O–H groups in total. The van der Waals surface area contributed by atoms with Gasteiger partial charge in [-0.3, -0.25) is 4.79 Å². The van der Waals surface area contributed by atoms with Crippen LogP contribution < -0.4 is 0 Å². The van der Waals surface area contributed by atoms with Crippen molar-refractivity contribution in [1.82, 2.24) is 0 Å². The van der Waals surface area contributed by atoms with Gasteiger partial charge in [-0.15, -0.1) is 0 Å². The minimum Gasteiger partial charge on any atom is -0.377 e. The number of aldehydes is 1. The minimum absolute atomic E-state index is 0.0844. The van der Waals surface area contributed by atoms with Gasteiger partial charge < -0.3 is 5.11 Å². The monoisotopic (exact) mass is 218 g/mol. The van der Waals surface area contributed by atoms with E-state index >= 15 is 0 Å². The number of carbonyl (C=O) groups excluding carboxylic acids is 1. The zero-order valence-electron chi connectivity index (χ0n) is 9.43. The normalized spacial score (nSPS) is 21.3. The number of aliphatic hydroxyl groups is 1. The van der Waals surface area contributed by atoms with Crippen molar-refractivity contribution in [2.45, 2.75) is 37.7 Å². The molecule has 0 unspecified atom stereocenters. The van der Waals surface area contributed by atoms with E-state index in [0.29, 0.717) is 0 Å². The van der Waals surface area contributed by atoms with Gasteiger partial charge in [0.25, 0.3) is 0 Å². The molecule has 0 bridgehead atoms. The molecule has 1 aliphatic rings. The van der Waals surface area contributed by atoms with Crippen molar-refractivity contribution in [1.29, 1.82) is 0 Å². The fourth-order valence-corrected chi connectivity index (χ4v) is 2.65. The summed E-state index contributed by atoms with van der Waals surface area (Å²) in [6, 6.07) is 9.31. The third kappa shape index (κ3) is 2.03. The second-order valence-electron chi connectivity index (χ2n) is 4.64. The van der Waals surface area contributed by atoms with Crippen LogP contribution in [-0.4, -0.2) is 11.4 Å². The van der Waals surface area contributed by atoms with Gasteiger partial charge in [0.1, 0.15) is 5.60 Å². The Labute approximate surface area is 96.3 Å². The van der Waals surface area contributed by atoms with Crippen molar-refractivity contribution >= 4 is 6.29 Å². The van der Waals surface area contributed by atoms with E-state index in [1.165, 1.54) is 6.42 Å². The van der Waals surface area contributed by atoms with Crippen molar-refractivity contribution in [2.75, 3.05) is 0 Å². The Morgan fingerprint density at radius 1 is 1.12 bits per heavy atom. The molecule has 16 heavy (non-hydrogen) atoms. The summed E-state index contributed by atoms with van der Waals surface area (Å²) in [5.41, 5.74) is -0.543. The molecule has 0 heterocycles. The summed E-state index contributed by atoms with van der Waals surface area (Å²) in [5, 5.41) is 10.5. The van der Waals surface area contributed by atoms with Crippen LogP contribution in [0.15, 0.2) is 30.3 Å². The topological polar surface area (TPSA) is 37.3 Å². The predicted octanol–water partition coefficient (Wildman–Crippen LogP) is 2.65. The van der Waals surface area contributed by atoms with E-state index in [4.69, 9.17) is 0 Å². The second-order valence-corrected chi connectivity index (χ2v) is 4.64. The van der Waals surface area contributed by atoms with Crippen LogP contribution in [0.2, 0.25) is 0 Å². The van der Waals surface area contributed by atoms with Gasteiger partial charge in [0.2, 0.25) is 0 Å². The predicted molar refractivity (Wildman–Crippen MR) is 63.0 cm³/mol. The van der Waals surface area contributed by atoms with Crippen LogP contribution in [0.5, 0.6) is 0 Å². The Morgan fingerprint density at radius 2 is 1.75 bits per heavy atom. The Morgan fingerprint density at radius 3 is 2.31 bits per heavy atom. The third-order valence-electron chi connectivity index (χ3n) is 3.64. The standard InChI is InChI=1S/C14H18O2/c15-11-14(16,12-7-3-1-4-8-12)13-9-5-2-6-10-13/h1,3-4,7-8,11,13,16H,2,5-6,9-10H2/t14-/m0/s1. The fourth-order valence-electron chi connectivity index (χ4n) is 2.65. The van der Waals surface area contributed by atoms with Gasteiger partial charge in [-0.25, -0.2) is 0 Å². The summed E-state index contributed by atoms with van der Waals surface area (Å²) in [6.07, 6.45) is 6.08. The highest BCUT2D eigenvalue weighted by Gasteiger charge is 2.38. The summed E-state index contributed by atoms with van der Waals surface area (Å²) in [5.74, 6) is 0.0844. The quantitative estimate of drug-likeness (QED) is 0.792. The molecule has 2 rings (SSSR count). The number of benzene rings is 1. The van der Waals surface area contributed by atoms with Crippen molar-refractivity contribution in [3.05, 3.63) is 35.9 Å². The van der Waals surface area contributed by atoms with Crippen LogP contribution in [0.1, 0.15) is 37.7 Å². The van der Waals surface area contributed by atoms with Crippen molar-refractivity contribution in [2.24, 2.45) is 5.92 Å². The highest BCUT2D eigenvalue weighted by molar-refractivity contribution is 5.66. The molecule has 1 atom stereocenters. The van der Waals surface area contributed by atoms with Crippen LogP contribution in [0.3, 0.4) is 0 Å². The number of carbonyl (C=O) groups is 1. The molecule has 1 saturated carbocycles. The third-order valence-corrected chi connectivity index (χ3v) is 3.64. The van der Waals surface area contributed by atoms with Gasteiger partial charge in [-0.1, -0.05) is 49.6 Å². The number of hydrogen-bond donors (Lipinski definition) is 1. The van der Waals surface area contributed by atoms with Crippen LogP contribution in [0, 0.1) is 5.92 Å². The van der Waals surface area contributed by atoms with E-state index in [9.17, 15) is 9.90 Å². The molecule has 0 saturated heterocycles.